The van der Waals surface area contributed by atoms with Crippen molar-refractivity contribution in [1.29, 1.82) is 5.26 Å². The van der Waals surface area contributed by atoms with Crippen LogP contribution >= 0.6 is 0 Å². The Bertz CT molecular complexity index is 234. The predicted octanol–water partition coefficient (Wildman–Crippen LogP) is 2.00. The molecule has 1 aliphatic heterocycles. The lowest BCUT2D eigenvalue weighted by Gasteiger charge is -2.22. The first-order chi connectivity index (χ1) is 7.67. The van der Waals surface area contributed by atoms with Crippen LogP contribution in [0.2, 0.25) is 0 Å². The summed E-state index contributed by atoms with van der Waals surface area (Å²) in [5.74, 6) is 0.819. The second kappa shape index (κ2) is 6.88. The van der Waals surface area contributed by atoms with E-state index in [0.29, 0.717) is 6.04 Å². The summed E-state index contributed by atoms with van der Waals surface area (Å²) in [7, 11) is 0. The Morgan fingerprint density at radius 3 is 2.75 bits per heavy atom. The molecule has 3 atom stereocenters. The molecule has 1 rings (SSSR count). The summed E-state index contributed by atoms with van der Waals surface area (Å²) in [5.41, 5.74) is 0. The molecule has 3 unspecified atom stereocenters. The van der Waals surface area contributed by atoms with Gasteiger partial charge in [-0.05, 0) is 38.6 Å². The quantitative estimate of drug-likeness (QED) is 0.748. The molecular weight excluding hydrogens is 198 g/mol. The van der Waals surface area contributed by atoms with Crippen molar-refractivity contribution in [2.45, 2.75) is 52.1 Å². The molecular formula is C13H25N3. The minimum atomic E-state index is 0.0306. The van der Waals surface area contributed by atoms with Crippen LogP contribution < -0.4 is 5.32 Å². The molecule has 0 aliphatic carbocycles. The van der Waals surface area contributed by atoms with E-state index >= 15 is 0 Å². The SMILES string of the molecule is CCCNC(C#N)CCN1CC(C)CC1C. The Kier molecular flexibility index (Phi) is 5.79. The molecule has 0 saturated carbocycles. The van der Waals surface area contributed by atoms with Gasteiger partial charge in [0.25, 0.3) is 0 Å². The van der Waals surface area contributed by atoms with Gasteiger partial charge in [0.05, 0.1) is 12.1 Å². The highest BCUT2D eigenvalue weighted by molar-refractivity contribution is 4.91. The maximum atomic E-state index is 9.01. The van der Waals surface area contributed by atoms with Crippen LogP contribution in [0.5, 0.6) is 0 Å². The molecule has 0 aromatic rings. The van der Waals surface area contributed by atoms with Crippen LogP contribution in [0.1, 0.15) is 40.0 Å². The highest BCUT2D eigenvalue weighted by Gasteiger charge is 2.25. The number of rotatable bonds is 6. The number of nitriles is 1. The first kappa shape index (κ1) is 13.5. The average molecular weight is 223 g/mol. The van der Waals surface area contributed by atoms with Crippen molar-refractivity contribution in [3.8, 4) is 6.07 Å². The van der Waals surface area contributed by atoms with Crippen LogP contribution in [0.4, 0.5) is 0 Å². The van der Waals surface area contributed by atoms with E-state index in [9.17, 15) is 0 Å². The molecule has 1 saturated heterocycles. The Balaban J connectivity index is 2.24. The van der Waals surface area contributed by atoms with Gasteiger partial charge >= 0.3 is 0 Å². The van der Waals surface area contributed by atoms with Gasteiger partial charge in [-0.3, -0.25) is 0 Å². The fourth-order valence-corrected chi connectivity index (χ4v) is 2.52. The zero-order valence-corrected chi connectivity index (χ0v) is 10.9. The number of likely N-dealkylation sites (tertiary alicyclic amines) is 1. The third-order valence-electron chi connectivity index (χ3n) is 3.41. The van der Waals surface area contributed by atoms with E-state index < -0.39 is 0 Å². The normalized spacial score (nSPS) is 27.9. The van der Waals surface area contributed by atoms with E-state index in [-0.39, 0.29) is 6.04 Å². The van der Waals surface area contributed by atoms with Crippen molar-refractivity contribution in [2.75, 3.05) is 19.6 Å². The molecule has 1 heterocycles. The van der Waals surface area contributed by atoms with Crippen molar-refractivity contribution in [3.63, 3.8) is 0 Å². The van der Waals surface area contributed by atoms with Crippen molar-refractivity contribution in [3.05, 3.63) is 0 Å². The second-order valence-corrected chi connectivity index (χ2v) is 5.11. The van der Waals surface area contributed by atoms with Gasteiger partial charge in [0.2, 0.25) is 0 Å². The summed E-state index contributed by atoms with van der Waals surface area (Å²) < 4.78 is 0. The van der Waals surface area contributed by atoms with E-state index in [1.165, 1.54) is 13.0 Å². The molecule has 3 heteroatoms. The van der Waals surface area contributed by atoms with Crippen molar-refractivity contribution in [1.82, 2.24) is 10.2 Å². The minimum absolute atomic E-state index is 0.0306. The molecule has 0 spiro atoms. The molecule has 3 nitrogen and oxygen atoms in total. The molecule has 0 aromatic heterocycles. The van der Waals surface area contributed by atoms with E-state index in [4.69, 9.17) is 5.26 Å². The Morgan fingerprint density at radius 1 is 1.50 bits per heavy atom. The average Bonchev–Trinajstić information content (AvgIpc) is 2.58. The zero-order valence-electron chi connectivity index (χ0n) is 10.9. The standard InChI is InChI=1S/C13H25N3/c1-4-6-15-13(9-14)5-7-16-10-11(2)8-12(16)3/h11-13,15H,4-8,10H2,1-3H3. The largest absolute Gasteiger partial charge is 0.302 e. The second-order valence-electron chi connectivity index (χ2n) is 5.11. The van der Waals surface area contributed by atoms with Crippen LogP contribution in [0.25, 0.3) is 0 Å². The fraction of sp³-hybridized carbons (Fsp3) is 0.923. The molecule has 0 bridgehead atoms. The van der Waals surface area contributed by atoms with Gasteiger partial charge in [-0.1, -0.05) is 13.8 Å². The van der Waals surface area contributed by atoms with Crippen LogP contribution in [-0.4, -0.2) is 36.6 Å². The van der Waals surface area contributed by atoms with Gasteiger partial charge in [-0.2, -0.15) is 5.26 Å². The molecule has 0 amide bonds. The monoisotopic (exact) mass is 223 g/mol. The minimum Gasteiger partial charge on any atom is -0.302 e. The first-order valence-corrected chi connectivity index (χ1v) is 6.54. The summed E-state index contributed by atoms with van der Waals surface area (Å²) in [6.45, 7) is 9.95. The van der Waals surface area contributed by atoms with Crippen LogP contribution in [0, 0.1) is 17.2 Å². The smallest absolute Gasteiger partial charge is 0.0965 e. The van der Waals surface area contributed by atoms with E-state index in [2.05, 4.69) is 37.1 Å². The van der Waals surface area contributed by atoms with Gasteiger partial charge in [-0.25, -0.2) is 0 Å². The van der Waals surface area contributed by atoms with E-state index in [1.54, 1.807) is 0 Å². The van der Waals surface area contributed by atoms with Gasteiger partial charge in [-0.15, -0.1) is 0 Å². The highest BCUT2D eigenvalue weighted by Crippen LogP contribution is 2.22. The number of hydrogen-bond donors (Lipinski definition) is 1. The summed E-state index contributed by atoms with van der Waals surface area (Å²) in [6, 6.07) is 3.07. The topological polar surface area (TPSA) is 39.1 Å². The van der Waals surface area contributed by atoms with Crippen molar-refractivity contribution < 1.29 is 0 Å². The third-order valence-corrected chi connectivity index (χ3v) is 3.41. The molecule has 0 aromatic carbocycles. The molecule has 1 N–H and O–H groups in total. The predicted molar refractivity (Wildman–Crippen MR) is 67.1 cm³/mol. The summed E-state index contributed by atoms with van der Waals surface area (Å²) in [4.78, 5) is 2.52. The van der Waals surface area contributed by atoms with Gasteiger partial charge in [0.15, 0.2) is 0 Å². The Morgan fingerprint density at radius 2 is 2.25 bits per heavy atom. The molecule has 92 valence electrons. The van der Waals surface area contributed by atoms with Gasteiger partial charge in [0, 0.05) is 19.1 Å². The molecule has 16 heavy (non-hydrogen) atoms. The number of nitrogens with one attached hydrogen (secondary N) is 1. The maximum Gasteiger partial charge on any atom is 0.0965 e. The summed E-state index contributed by atoms with van der Waals surface area (Å²) in [5, 5.41) is 12.3. The van der Waals surface area contributed by atoms with Gasteiger partial charge < -0.3 is 10.2 Å². The highest BCUT2D eigenvalue weighted by atomic mass is 15.2. The molecule has 1 fully saturated rings. The van der Waals surface area contributed by atoms with Crippen LogP contribution in [0.3, 0.4) is 0 Å². The van der Waals surface area contributed by atoms with E-state index in [1.807, 2.05) is 0 Å². The van der Waals surface area contributed by atoms with E-state index in [0.717, 1.165) is 31.8 Å². The maximum absolute atomic E-state index is 9.01. The fourth-order valence-electron chi connectivity index (χ4n) is 2.52. The Hall–Kier alpha value is -0.590. The van der Waals surface area contributed by atoms with Crippen LogP contribution in [0.15, 0.2) is 0 Å². The lowest BCUT2D eigenvalue weighted by molar-refractivity contribution is 0.255. The zero-order chi connectivity index (χ0) is 12.0. The number of nitrogens with zero attached hydrogens (tertiary/aromatic N) is 2. The first-order valence-electron chi connectivity index (χ1n) is 6.54. The molecule has 0 radical (unpaired) electrons. The Labute approximate surface area is 99.8 Å². The van der Waals surface area contributed by atoms with Crippen LogP contribution in [-0.2, 0) is 0 Å². The lowest BCUT2D eigenvalue weighted by atomic mass is 10.1. The van der Waals surface area contributed by atoms with Crippen molar-refractivity contribution in [2.24, 2.45) is 5.92 Å². The lowest BCUT2D eigenvalue weighted by Crippen LogP contribution is -2.35. The van der Waals surface area contributed by atoms with Crippen molar-refractivity contribution >= 4 is 0 Å². The molecule has 1 aliphatic rings. The van der Waals surface area contributed by atoms with Gasteiger partial charge in [0.1, 0.15) is 0 Å². The summed E-state index contributed by atoms with van der Waals surface area (Å²) >= 11 is 0. The summed E-state index contributed by atoms with van der Waals surface area (Å²) in [6.07, 6.45) is 3.35. The third kappa shape index (κ3) is 4.11. The number of hydrogen-bond acceptors (Lipinski definition) is 3.